The Hall–Kier alpha value is -1.47. The Bertz CT molecular complexity index is 562. The van der Waals surface area contributed by atoms with E-state index in [9.17, 15) is 4.79 Å². The second-order valence-corrected chi connectivity index (χ2v) is 7.71. The number of piperidine rings is 1. The van der Waals surface area contributed by atoms with Gasteiger partial charge < -0.3 is 9.64 Å². The van der Waals surface area contributed by atoms with E-state index >= 15 is 0 Å². The summed E-state index contributed by atoms with van der Waals surface area (Å²) in [7, 11) is 0. The van der Waals surface area contributed by atoms with Gasteiger partial charge in [-0.05, 0) is 38.1 Å². The van der Waals surface area contributed by atoms with E-state index in [1.54, 1.807) is 12.7 Å². The van der Waals surface area contributed by atoms with Gasteiger partial charge in [0, 0.05) is 19.6 Å². The second kappa shape index (κ2) is 7.83. The predicted molar refractivity (Wildman–Crippen MR) is 92.9 cm³/mol. The fraction of sp³-hybridized carbons (Fsp3) is 0.833. The Balaban J connectivity index is 1.32. The van der Waals surface area contributed by atoms with Crippen LogP contribution in [-0.4, -0.2) is 75.4 Å². The molecule has 3 fully saturated rings. The van der Waals surface area contributed by atoms with Crippen molar-refractivity contribution >= 4 is 5.91 Å². The molecule has 1 amide bonds. The molecule has 1 aromatic rings. The molecule has 1 saturated carbocycles. The Morgan fingerprint density at radius 2 is 2.08 bits per heavy atom. The lowest BCUT2D eigenvalue weighted by Gasteiger charge is -2.44. The standard InChI is InChI=1S/C18H29N5O2/c24-18(23-8-9-25-17-6-2-1-5-16(17)23)12-21-7-3-4-15(10-21)11-22-14-19-13-20-22/h13-17H,1-12H2/t15-,16-,17-/m0/s1. The van der Waals surface area contributed by atoms with E-state index in [2.05, 4.69) is 19.9 Å². The average molecular weight is 347 g/mol. The number of nitrogens with zero attached hydrogens (tertiary/aromatic N) is 5. The molecular formula is C18H29N5O2. The summed E-state index contributed by atoms with van der Waals surface area (Å²) in [6, 6.07) is 0.311. The number of carbonyl (C=O) groups is 1. The number of rotatable bonds is 4. The number of hydrogen-bond donors (Lipinski definition) is 0. The summed E-state index contributed by atoms with van der Waals surface area (Å²) in [5, 5.41) is 4.21. The number of aromatic nitrogens is 3. The van der Waals surface area contributed by atoms with Crippen LogP contribution < -0.4 is 0 Å². The maximum atomic E-state index is 12.9. The number of hydrogen-bond acceptors (Lipinski definition) is 5. The Labute approximate surface area is 149 Å². The molecule has 3 atom stereocenters. The molecule has 3 aliphatic rings. The lowest BCUT2D eigenvalue weighted by Crippen LogP contribution is -2.57. The second-order valence-electron chi connectivity index (χ2n) is 7.71. The zero-order valence-corrected chi connectivity index (χ0v) is 14.9. The lowest BCUT2D eigenvalue weighted by molar-refractivity contribution is -0.151. The predicted octanol–water partition coefficient (Wildman–Crippen LogP) is 1.16. The molecule has 3 heterocycles. The molecule has 25 heavy (non-hydrogen) atoms. The van der Waals surface area contributed by atoms with Gasteiger partial charge in [0.15, 0.2) is 0 Å². The van der Waals surface area contributed by atoms with Crippen molar-refractivity contribution in [2.75, 3.05) is 32.8 Å². The monoisotopic (exact) mass is 347 g/mol. The first-order valence-corrected chi connectivity index (χ1v) is 9.75. The molecule has 0 aromatic carbocycles. The van der Waals surface area contributed by atoms with Crippen molar-refractivity contribution in [3.63, 3.8) is 0 Å². The quantitative estimate of drug-likeness (QED) is 0.818. The summed E-state index contributed by atoms with van der Waals surface area (Å²) in [4.78, 5) is 21.4. The van der Waals surface area contributed by atoms with Crippen molar-refractivity contribution < 1.29 is 9.53 Å². The third-order valence-electron chi connectivity index (χ3n) is 5.93. The summed E-state index contributed by atoms with van der Waals surface area (Å²) >= 11 is 0. The molecule has 4 rings (SSSR count). The molecule has 0 bridgehead atoms. The topological polar surface area (TPSA) is 63.5 Å². The van der Waals surface area contributed by atoms with Gasteiger partial charge in [-0.3, -0.25) is 14.4 Å². The first-order chi connectivity index (χ1) is 12.3. The van der Waals surface area contributed by atoms with E-state index in [1.165, 1.54) is 19.3 Å². The van der Waals surface area contributed by atoms with E-state index in [1.807, 2.05) is 4.68 Å². The van der Waals surface area contributed by atoms with Crippen LogP contribution in [0.3, 0.4) is 0 Å². The van der Waals surface area contributed by atoms with E-state index in [4.69, 9.17) is 4.74 Å². The summed E-state index contributed by atoms with van der Waals surface area (Å²) in [5.41, 5.74) is 0. The number of likely N-dealkylation sites (tertiary alicyclic amines) is 1. The van der Waals surface area contributed by atoms with Crippen molar-refractivity contribution in [1.82, 2.24) is 24.6 Å². The summed E-state index contributed by atoms with van der Waals surface area (Å²) in [6.45, 7) is 4.91. The highest BCUT2D eigenvalue weighted by atomic mass is 16.5. The van der Waals surface area contributed by atoms with Crippen LogP contribution in [0.15, 0.2) is 12.7 Å². The third kappa shape index (κ3) is 4.03. The summed E-state index contributed by atoms with van der Waals surface area (Å²) in [5.74, 6) is 0.844. The zero-order valence-electron chi connectivity index (χ0n) is 14.9. The van der Waals surface area contributed by atoms with Crippen LogP contribution in [0.2, 0.25) is 0 Å². The fourth-order valence-electron chi connectivity index (χ4n) is 4.72. The molecule has 7 nitrogen and oxygen atoms in total. The molecule has 2 aliphatic heterocycles. The molecule has 1 aliphatic carbocycles. The largest absolute Gasteiger partial charge is 0.374 e. The highest BCUT2D eigenvalue weighted by Crippen LogP contribution is 2.28. The van der Waals surface area contributed by atoms with Gasteiger partial charge in [0.2, 0.25) is 5.91 Å². The number of morpholine rings is 1. The van der Waals surface area contributed by atoms with Crippen molar-refractivity contribution in [1.29, 1.82) is 0 Å². The molecule has 0 radical (unpaired) electrons. The van der Waals surface area contributed by atoms with Gasteiger partial charge in [0.25, 0.3) is 0 Å². The van der Waals surface area contributed by atoms with Gasteiger partial charge >= 0.3 is 0 Å². The van der Waals surface area contributed by atoms with E-state index in [0.29, 0.717) is 31.0 Å². The van der Waals surface area contributed by atoms with Crippen molar-refractivity contribution in [2.45, 2.75) is 57.2 Å². The Morgan fingerprint density at radius 1 is 1.16 bits per heavy atom. The van der Waals surface area contributed by atoms with Crippen LogP contribution in [0.5, 0.6) is 0 Å². The minimum atomic E-state index is 0.271. The van der Waals surface area contributed by atoms with Gasteiger partial charge in [0.1, 0.15) is 12.7 Å². The summed E-state index contributed by atoms with van der Waals surface area (Å²) < 4.78 is 7.81. The first-order valence-electron chi connectivity index (χ1n) is 9.75. The molecule has 0 spiro atoms. The molecule has 1 aromatic heterocycles. The maximum absolute atomic E-state index is 12.9. The lowest BCUT2D eigenvalue weighted by atomic mass is 9.90. The van der Waals surface area contributed by atoms with E-state index in [0.717, 1.165) is 45.4 Å². The normalized spacial score (nSPS) is 30.9. The van der Waals surface area contributed by atoms with E-state index < -0.39 is 0 Å². The van der Waals surface area contributed by atoms with Crippen LogP contribution in [0, 0.1) is 5.92 Å². The van der Waals surface area contributed by atoms with Gasteiger partial charge in [-0.25, -0.2) is 4.98 Å². The summed E-state index contributed by atoms with van der Waals surface area (Å²) in [6.07, 6.45) is 10.7. The number of fused-ring (bicyclic) bond motifs is 1. The highest BCUT2D eigenvalue weighted by molar-refractivity contribution is 5.78. The van der Waals surface area contributed by atoms with Gasteiger partial charge in [-0.1, -0.05) is 12.8 Å². The molecular weight excluding hydrogens is 318 g/mol. The SMILES string of the molecule is O=C(CN1CCC[C@H](Cn2cncn2)C1)N1CCO[C@H]2CCCC[C@@H]21. The molecule has 0 N–H and O–H groups in total. The maximum Gasteiger partial charge on any atom is 0.237 e. The zero-order chi connectivity index (χ0) is 17.1. The van der Waals surface area contributed by atoms with Gasteiger partial charge in [0.05, 0.1) is 25.3 Å². The van der Waals surface area contributed by atoms with E-state index in [-0.39, 0.29) is 6.10 Å². The minimum Gasteiger partial charge on any atom is -0.374 e. The van der Waals surface area contributed by atoms with Crippen LogP contribution in [0.4, 0.5) is 0 Å². The van der Waals surface area contributed by atoms with Crippen LogP contribution in [0.25, 0.3) is 0 Å². The fourth-order valence-corrected chi connectivity index (χ4v) is 4.72. The number of carbonyl (C=O) groups excluding carboxylic acids is 1. The van der Waals surface area contributed by atoms with Crippen LogP contribution in [0.1, 0.15) is 38.5 Å². The smallest absolute Gasteiger partial charge is 0.237 e. The molecule has 7 heteroatoms. The Kier molecular flexibility index (Phi) is 5.31. The molecule has 138 valence electrons. The van der Waals surface area contributed by atoms with Gasteiger partial charge in [-0.2, -0.15) is 5.10 Å². The number of ether oxygens (including phenoxy) is 1. The van der Waals surface area contributed by atoms with Crippen molar-refractivity contribution in [3.8, 4) is 0 Å². The Morgan fingerprint density at radius 3 is 2.96 bits per heavy atom. The third-order valence-corrected chi connectivity index (χ3v) is 5.93. The van der Waals surface area contributed by atoms with Crippen LogP contribution >= 0.6 is 0 Å². The molecule has 2 saturated heterocycles. The minimum absolute atomic E-state index is 0.271. The number of amides is 1. The van der Waals surface area contributed by atoms with Crippen LogP contribution in [-0.2, 0) is 16.1 Å². The first kappa shape index (κ1) is 17.0. The van der Waals surface area contributed by atoms with Gasteiger partial charge in [-0.15, -0.1) is 0 Å². The average Bonchev–Trinajstić information content (AvgIpc) is 3.14. The highest BCUT2D eigenvalue weighted by Gasteiger charge is 2.37. The van der Waals surface area contributed by atoms with Crippen molar-refractivity contribution in [2.24, 2.45) is 5.92 Å². The molecule has 0 unspecified atom stereocenters. The van der Waals surface area contributed by atoms with Crippen molar-refractivity contribution in [3.05, 3.63) is 12.7 Å².